The van der Waals surface area contributed by atoms with Crippen LogP contribution in [0.25, 0.3) is 0 Å². The summed E-state index contributed by atoms with van der Waals surface area (Å²) in [4.78, 5) is 3.03. The quantitative estimate of drug-likeness (QED) is 0.927. The Morgan fingerprint density at radius 3 is 2.69 bits per heavy atom. The summed E-state index contributed by atoms with van der Waals surface area (Å²) in [5.74, 6) is 0.795. The van der Waals surface area contributed by atoms with Crippen molar-refractivity contribution in [2.45, 2.75) is 13.0 Å². The van der Waals surface area contributed by atoms with Crippen LogP contribution in [0.1, 0.15) is 20.7 Å². The van der Waals surface area contributed by atoms with Gasteiger partial charge in [-0.2, -0.15) is 0 Å². The number of aryl methyl sites for hydroxylation is 1. The minimum Gasteiger partial charge on any atom is -0.496 e. The SMILES string of the molecule is COc1csc(C(O)c2sc(C)cc2Br)c1. The molecule has 86 valence electrons. The fraction of sp³-hybridized carbons (Fsp3) is 0.273. The van der Waals surface area contributed by atoms with Gasteiger partial charge in [-0.05, 0) is 35.0 Å². The van der Waals surface area contributed by atoms with E-state index in [0.717, 1.165) is 20.0 Å². The van der Waals surface area contributed by atoms with Crippen molar-refractivity contribution in [2.24, 2.45) is 0 Å². The Morgan fingerprint density at radius 2 is 2.19 bits per heavy atom. The Labute approximate surface area is 111 Å². The zero-order chi connectivity index (χ0) is 11.7. The Bertz CT molecular complexity index is 490. The van der Waals surface area contributed by atoms with E-state index in [0.29, 0.717) is 0 Å². The van der Waals surface area contributed by atoms with Gasteiger partial charge in [0.2, 0.25) is 0 Å². The smallest absolute Gasteiger partial charge is 0.129 e. The summed E-state index contributed by atoms with van der Waals surface area (Å²) in [7, 11) is 1.63. The Morgan fingerprint density at radius 1 is 1.44 bits per heavy atom. The number of aliphatic hydroxyl groups excluding tert-OH is 1. The van der Waals surface area contributed by atoms with E-state index in [1.165, 1.54) is 16.2 Å². The first-order chi connectivity index (χ1) is 7.61. The number of hydrogen-bond acceptors (Lipinski definition) is 4. The van der Waals surface area contributed by atoms with Crippen molar-refractivity contribution in [1.29, 1.82) is 0 Å². The topological polar surface area (TPSA) is 29.5 Å². The largest absolute Gasteiger partial charge is 0.496 e. The van der Waals surface area contributed by atoms with Crippen LogP contribution in [0.3, 0.4) is 0 Å². The first-order valence-electron chi connectivity index (χ1n) is 4.68. The van der Waals surface area contributed by atoms with Crippen molar-refractivity contribution in [3.05, 3.63) is 36.6 Å². The van der Waals surface area contributed by atoms with Gasteiger partial charge < -0.3 is 9.84 Å². The molecular weight excluding hydrogens is 308 g/mol. The summed E-state index contributed by atoms with van der Waals surface area (Å²) in [5, 5.41) is 12.1. The molecule has 2 aromatic rings. The molecule has 1 N–H and O–H groups in total. The van der Waals surface area contributed by atoms with Gasteiger partial charge in [0, 0.05) is 19.6 Å². The fourth-order valence-electron chi connectivity index (χ4n) is 1.40. The van der Waals surface area contributed by atoms with Crippen LogP contribution in [0.5, 0.6) is 5.75 Å². The van der Waals surface area contributed by atoms with Gasteiger partial charge in [0.25, 0.3) is 0 Å². The Balaban J connectivity index is 2.31. The van der Waals surface area contributed by atoms with Crippen LogP contribution in [-0.2, 0) is 0 Å². The lowest BCUT2D eigenvalue weighted by atomic mass is 10.2. The highest BCUT2D eigenvalue weighted by Crippen LogP contribution is 2.38. The molecule has 0 amide bonds. The van der Waals surface area contributed by atoms with E-state index < -0.39 is 6.10 Å². The standard InChI is InChI=1S/C11H11BrO2S2/c1-6-3-8(12)11(16-6)10(13)9-4-7(14-2)5-15-9/h3-5,10,13H,1-2H3. The molecule has 16 heavy (non-hydrogen) atoms. The average molecular weight is 319 g/mol. The van der Waals surface area contributed by atoms with Crippen molar-refractivity contribution in [3.8, 4) is 5.75 Å². The average Bonchev–Trinajstić information content (AvgIpc) is 2.84. The van der Waals surface area contributed by atoms with Gasteiger partial charge >= 0.3 is 0 Å². The van der Waals surface area contributed by atoms with Crippen molar-refractivity contribution in [2.75, 3.05) is 7.11 Å². The van der Waals surface area contributed by atoms with Crippen molar-refractivity contribution in [3.63, 3.8) is 0 Å². The maximum Gasteiger partial charge on any atom is 0.129 e. The zero-order valence-electron chi connectivity index (χ0n) is 8.86. The lowest BCUT2D eigenvalue weighted by molar-refractivity contribution is 0.227. The number of hydrogen-bond donors (Lipinski definition) is 1. The molecule has 1 atom stereocenters. The molecule has 0 spiro atoms. The molecular formula is C11H11BrO2S2. The van der Waals surface area contributed by atoms with Gasteiger partial charge in [0.1, 0.15) is 11.9 Å². The third kappa shape index (κ3) is 2.32. The molecule has 0 saturated carbocycles. The second-order valence-electron chi connectivity index (χ2n) is 3.36. The lowest BCUT2D eigenvalue weighted by Crippen LogP contribution is -1.94. The van der Waals surface area contributed by atoms with Crippen LogP contribution >= 0.6 is 38.6 Å². The Hall–Kier alpha value is -0.360. The van der Waals surface area contributed by atoms with Crippen LogP contribution in [0.15, 0.2) is 22.0 Å². The molecule has 2 aromatic heterocycles. The van der Waals surface area contributed by atoms with Crippen LogP contribution < -0.4 is 4.74 Å². The van der Waals surface area contributed by atoms with E-state index in [1.54, 1.807) is 18.4 Å². The molecule has 2 nitrogen and oxygen atoms in total. The van der Waals surface area contributed by atoms with Crippen LogP contribution in [0.4, 0.5) is 0 Å². The minimum atomic E-state index is -0.568. The van der Waals surface area contributed by atoms with Gasteiger partial charge in [0.05, 0.1) is 12.0 Å². The second kappa shape index (κ2) is 4.87. The molecule has 5 heteroatoms. The molecule has 0 radical (unpaired) electrons. The van der Waals surface area contributed by atoms with E-state index in [9.17, 15) is 5.11 Å². The summed E-state index contributed by atoms with van der Waals surface area (Å²) in [6.45, 7) is 2.03. The van der Waals surface area contributed by atoms with Gasteiger partial charge in [-0.25, -0.2) is 0 Å². The van der Waals surface area contributed by atoms with E-state index >= 15 is 0 Å². The maximum absolute atomic E-state index is 10.2. The van der Waals surface area contributed by atoms with Crippen LogP contribution in [0.2, 0.25) is 0 Å². The summed E-state index contributed by atoms with van der Waals surface area (Å²) in [6.07, 6.45) is -0.568. The van der Waals surface area contributed by atoms with Gasteiger partial charge in [-0.3, -0.25) is 0 Å². The van der Waals surface area contributed by atoms with E-state index in [-0.39, 0.29) is 0 Å². The highest BCUT2D eigenvalue weighted by atomic mass is 79.9. The van der Waals surface area contributed by atoms with Crippen molar-refractivity contribution < 1.29 is 9.84 Å². The number of halogens is 1. The van der Waals surface area contributed by atoms with E-state index in [4.69, 9.17) is 4.74 Å². The monoisotopic (exact) mass is 318 g/mol. The number of rotatable bonds is 3. The number of aliphatic hydroxyl groups is 1. The summed E-state index contributed by atoms with van der Waals surface area (Å²) >= 11 is 6.57. The maximum atomic E-state index is 10.2. The third-order valence-corrected chi connectivity index (χ3v) is 5.17. The molecule has 1 unspecified atom stereocenters. The van der Waals surface area contributed by atoms with Gasteiger partial charge in [-0.1, -0.05) is 0 Å². The highest BCUT2D eigenvalue weighted by Gasteiger charge is 2.18. The molecule has 2 rings (SSSR count). The predicted molar refractivity (Wildman–Crippen MR) is 71.7 cm³/mol. The molecule has 2 heterocycles. The summed E-state index contributed by atoms with van der Waals surface area (Å²) in [5.41, 5.74) is 0. The lowest BCUT2D eigenvalue weighted by Gasteiger charge is -2.06. The molecule has 0 aliphatic rings. The first-order valence-corrected chi connectivity index (χ1v) is 7.17. The predicted octanol–water partition coefficient (Wildman–Crippen LogP) is 3.97. The van der Waals surface area contributed by atoms with Crippen molar-refractivity contribution >= 4 is 38.6 Å². The summed E-state index contributed by atoms with van der Waals surface area (Å²) in [6, 6.07) is 3.89. The van der Waals surface area contributed by atoms with Crippen molar-refractivity contribution in [1.82, 2.24) is 0 Å². The van der Waals surface area contributed by atoms with E-state index in [1.807, 2.05) is 24.4 Å². The van der Waals surface area contributed by atoms with Gasteiger partial charge in [-0.15, -0.1) is 22.7 Å². The fourth-order valence-corrected chi connectivity index (χ4v) is 4.20. The molecule has 0 bridgehead atoms. The minimum absolute atomic E-state index is 0.568. The first kappa shape index (κ1) is 12.1. The second-order valence-corrected chi connectivity index (χ2v) is 6.45. The number of ether oxygens (including phenoxy) is 1. The number of thiophene rings is 2. The van der Waals surface area contributed by atoms with E-state index in [2.05, 4.69) is 15.9 Å². The summed E-state index contributed by atoms with van der Waals surface area (Å²) < 4.78 is 6.07. The highest BCUT2D eigenvalue weighted by molar-refractivity contribution is 9.10. The third-order valence-electron chi connectivity index (χ3n) is 2.19. The van der Waals surface area contributed by atoms with Crippen LogP contribution in [-0.4, -0.2) is 12.2 Å². The Kier molecular flexibility index (Phi) is 3.69. The zero-order valence-corrected chi connectivity index (χ0v) is 12.1. The molecule has 0 aromatic carbocycles. The van der Waals surface area contributed by atoms with Crippen LogP contribution in [0, 0.1) is 6.92 Å². The molecule has 0 aliphatic heterocycles. The normalized spacial score (nSPS) is 12.8. The van der Waals surface area contributed by atoms with Gasteiger partial charge in [0.15, 0.2) is 0 Å². The number of methoxy groups -OCH3 is 1. The molecule has 0 aliphatic carbocycles. The molecule has 0 saturated heterocycles. The molecule has 0 fully saturated rings.